The number of hydrogen-bond acceptors (Lipinski definition) is 6. The molecular weight excluding hydrogens is 384 g/mol. The van der Waals surface area contributed by atoms with Gasteiger partial charge in [0, 0.05) is 12.2 Å². The van der Waals surface area contributed by atoms with Crippen molar-refractivity contribution in [3.63, 3.8) is 0 Å². The van der Waals surface area contributed by atoms with Crippen LogP contribution in [0.2, 0.25) is 0 Å². The predicted molar refractivity (Wildman–Crippen MR) is 121 cm³/mol. The number of benzene rings is 2. The van der Waals surface area contributed by atoms with Crippen LogP contribution < -0.4 is 10.1 Å². The summed E-state index contributed by atoms with van der Waals surface area (Å²) in [5.74, 6) is 1.90. The molecule has 1 N–H and O–H groups in total. The van der Waals surface area contributed by atoms with E-state index in [1.165, 1.54) is 17.3 Å². The first kappa shape index (κ1) is 20.9. The molecule has 1 amide bonds. The van der Waals surface area contributed by atoms with Gasteiger partial charge in [0.15, 0.2) is 0 Å². The van der Waals surface area contributed by atoms with Crippen molar-refractivity contribution in [2.24, 2.45) is 10.1 Å². The lowest BCUT2D eigenvalue weighted by molar-refractivity contribution is -0.113. The molecular formula is C22H26N4O2S. The molecule has 1 aliphatic rings. The number of amides is 1. The van der Waals surface area contributed by atoms with Crippen LogP contribution in [0.15, 0.2) is 64.7 Å². The Morgan fingerprint density at radius 2 is 1.90 bits per heavy atom. The highest BCUT2D eigenvalue weighted by Crippen LogP contribution is 2.18. The van der Waals surface area contributed by atoms with E-state index in [9.17, 15) is 4.79 Å². The van der Waals surface area contributed by atoms with E-state index in [0.29, 0.717) is 23.5 Å². The zero-order valence-electron chi connectivity index (χ0n) is 17.0. The largest absolute Gasteiger partial charge is 0.441 e. The van der Waals surface area contributed by atoms with Crippen molar-refractivity contribution >= 4 is 34.4 Å². The van der Waals surface area contributed by atoms with Crippen LogP contribution in [0.25, 0.3) is 0 Å². The van der Waals surface area contributed by atoms with Gasteiger partial charge in [0.2, 0.25) is 17.0 Å². The van der Waals surface area contributed by atoms with Crippen LogP contribution in [0, 0.1) is 0 Å². The molecule has 152 valence electrons. The Hall–Kier alpha value is -2.80. The van der Waals surface area contributed by atoms with Gasteiger partial charge in [-0.2, -0.15) is 4.99 Å². The maximum Gasteiger partial charge on any atom is 0.234 e. The van der Waals surface area contributed by atoms with Crippen LogP contribution in [-0.4, -0.2) is 40.8 Å². The highest BCUT2D eigenvalue weighted by molar-refractivity contribution is 8.14. The molecule has 6 nitrogen and oxygen atoms in total. The Morgan fingerprint density at radius 3 is 2.55 bits per heavy atom. The maximum atomic E-state index is 12.3. The molecule has 1 aliphatic heterocycles. The summed E-state index contributed by atoms with van der Waals surface area (Å²) in [7, 11) is 0. The number of nitrogens with zero attached hydrogens (tertiary/aromatic N) is 3. The number of anilines is 1. The molecule has 0 aromatic heterocycles. The Bertz CT molecular complexity index is 879. The molecule has 29 heavy (non-hydrogen) atoms. The number of rotatable bonds is 6. The molecule has 2 aromatic rings. The van der Waals surface area contributed by atoms with E-state index >= 15 is 0 Å². The van der Waals surface area contributed by atoms with Crippen molar-refractivity contribution in [2.75, 3.05) is 24.2 Å². The van der Waals surface area contributed by atoms with Crippen LogP contribution in [0.1, 0.15) is 32.3 Å². The van der Waals surface area contributed by atoms with Crippen molar-refractivity contribution in [1.29, 1.82) is 0 Å². The maximum absolute atomic E-state index is 12.3. The Kier molecular flexibility index (Phi) is 7.30. The van der Waals surface area contributed by atoms with Gasteiger partial charge in [0.05, 0.1) is 5.75 Å². The third kappa shape index (κ3) is 6.35. The van der Waals surface area contributed by atoms with E-state index in [1.807, 2.05) is 66.5 Å². The standard InChI is InChI=1S/C22H26N4O2S/c1-4-26-14-21(28-19-8-6-5-7-9-19)24-22(25-26)29-15-20(27)23-18-12-10-17(11-13-18)16(2)3/h5-13,16H,4,14-15H2,1-3H3,(H,23,27). The number of aliphatic imine (C=N–C) groups is 1. The zero-order chi connectivity index (χ0) is 20.6. The average molecular weight is 411 g/mol. The lowest BCUT2D eigenvalue weighted by Gasteiger charge is -2.23. The minimum Gasteiger partial charge on any atom is -0.441 e. The van der Waals surface area contributed by atoms with Crippen molar-refractivity contribution in [2.45, 2.75) is 26.7 Å². The lowest BCUT2D eigenvalue weighted by atomic mass is 10.0. The normalized spacial score (nSPS) is 13.7. The molecule has 0 radical (unpaired) electrons. The van der Waals surface area contributed by atoms with Crippen molar-refractivity contribution in [3.05, 3.63) is 60.2 Å². The average Bonchev–Trinajstić information content (AvgIpc) is 2.73. The highest BCUT2D eigenvalue weighted by atomic mass is 32.2. The molecule has 0 unspecified atom stereocenters. The van der Waals surface area contributed by atoms with Gasteiger partial charge in [0.1, 0.15) is 12.3 Å². The molecule has 0 fully saturated rings. The lowest BCUT2D eigenvalue weighted by Crippen LogP contribution is -2.33. The monoisotopic (exact) mass is 410 g/mol. The minimum absolute atomic E-state index is 0.0932. The second-order valence-corrected chi connectivity index (χ2v) is 7.84. The fraction of sp³-hybridized carbons (Fsp3) is 0.318. The number of carbonyl (C=O) groups is 1. The minimum atomic E-state index is -0.0932. The van der Waals surface area contributed by atoms with Gasteiger partial charge >= 0.3 is 0 Å². The highest BCUT2D eigenvalue weighted by Gasteiger charge is 2.17. The quantitative estimate of drug-likeness (QED) is 0.758. The van der Waals surface area contributed by atoms with Crippen LogP contribution in [0.3, 0.4) is 0 Å². The van der Waals surface area contributed by atoms with E-state index < -0.39 is 0 Å². The molecule has 0 atom stereocenters. The van der Waals surface area contributed by atoms with E-state index in [4.69, 9.17) is 4.74 Å². The van der Waals surface area contributed by atoms with Gasteiger partial charge in [-0.25, -0.2) is 0 Å². The van der Waals surface area contributed by atoms with Crippen LogP contribution in [-0.2, 0) is 4.79 Å². The summed E-state index contributed by atoms with van der Waals surface area (Å²) in [6.45, 7) is 7.54. The molecule has 0 spiro atoms. The molecule has 0 saturated heterocycles. The molecule has 0 saturated carbocycles. The first-order chi connectivity index (χ1) is 14.0. The number of amidine groups is 1. The van der Waals surface area contributed by atoms with E-state index in [0.717, 1.165) is 18.0 Å². The summed E-state index contributed by atoms with van der Waals surface area (Å²) in [6.07, 6.45) is 0. The topological polar surface area (TPSA) is 66.3 Å². The van der Waals surface area contributed by atoms with Gasteiger partial charge in [-0.05, 0) is 42.7 Å². The summed E-state index contributed by atoms with van der Waals surface area (Å²) in [4.78, 5) is 16.8. The smallest absolute Gasteiger partial charge is 0.234 e. The van der Waals surface area contributed by atoms with Gasteiger partial charge < -0.3 is 10.1 Å². The summed E-state index contributed by atoms with van der Waals surface area (Å²) in [6, 6.07) is 17.5. The summed E-state index contributed by atoms with van der Waals surface area (Å²) >= 11 is 1.29. The number of carbonyl (C=O) groups excluding carboxylic acids is 1. The Morgan fingerprint density at radius 1 is 1.17 bits per heavy atom. The predicted octanol–water partition coefficient (Wildman–Crippen LogP) is 4.57. The molecule has 1 heterocycles. The molecule has 7 heteroatoms. The summed E-state index contributed by atoms with van der Waals surface area (Å²) < 4.78 is 5.86. The molecule has 0 bridgehead atoms. The number of nitrogens with one attached hydrogen (secondary N) is 1. The SMILES string of the molecule is CCN1CC(Oc2ccccc2)=NC(SCC(=O)Nc2ccc(C(C)C)cc2)=N1. The van der Waals surface area contributed by atoms with Gasteiger partial charge in [-0.15, -0.1) is 5.10 Å². The van der Waals surface area contributed by atoms with Gasteiger partial charge in [-0.3, -0.25) is 9.80 Å². The summed E-state index contributed by atoms with van der Waals surface area (Å²) in [5, 5.41) is 9.78. The van der Waals surface area contributed by atoms with E-state index in [2.05, 4.69) is 29.3 Å². The number of ether oxygens (including phenoxy) is 1. The van der Waals surface area contributed by atoms with Crippen LogP contribution in [0.5, 0.6) is 5.75 Å². The second-order valence-electron chi connectivity index (χ2n) is 6.90. The number of hydrogen-bond donors (Lipinski definition) is 1. The third-order valence-corrected chi connectivity index (χ3v) is 5.14. The summed E-state index contributed by atoms with van der Waals surface area (Å²) in [5.41, 5.74) is 2.03. The Labute approximate surface area is 176 Å². The van der Waals surface area contributed by atoms with Crippen molar-refractivity contribution in [3.8, 4) is 5.75 Å². The van der Waals surface area contributed by atoms with E-state index in [-0.39, 0.29) is 11.7 Å². The molecule has 2 aromatic carbocycles. The van der Waals surface area contributed by atoms with Crippen LogP contribution >= 0.6 is 11.8 Å². The fourth-order valence-corrected chi connectivity index (χ4v) is 3.35. The first-order valence-electron chi connectivity index (χ1n) is 9.70. The number of likely N-dealkylation sites (N-methyl/N-ethyl adjacent to an activating group) is 1. The van der Waals surface area contributed by atoms with Crippen molar-refractivity contribution in [1.82, 2.24) is 5.01 Å². The number of hydrazone groups is 1. The Balaban J connectivity index is 1.57. The number of para-hydroxylation sites is 1. The third-order valence-electron chi connectivity index (χ3n) is 4.30. The second kappa shape index (κ2) is 10.1. The molecule has 3 rings (SSSR count). The molecule has 0 aliphatic carbocycles. The number of thioether (sulfide) groups is 1. The van der Waals surface area contributed by atoms with Crippen molar-refractivity contribution < 1.29 is 9.53 Å². The van der Waals surface area contributed by atoms with Gasteiger partial charge in [0.25, 0.3) is 0 Å². The van der Waals surface area contributed by atoms with E-state index in [1.54, 1.807) is 0 Å². The first-order valence-corrected chi connectivity index (χ1v) is 10.7. The van der Waals surface area contributed by atoms with Crippen LogP contribution in [0.4, 0.5) is 5.69 Å². The fourth-order valence-electron chi connectivity index (χ4n) is 2.68. The zero-order valence-corrected chi connectivity index (χ0v) is 17.8. The van der Waals surface area contributed by atoms with Gasteiger partial charge in [-0.1, -0.05) is 55.9 Å².